The lowest BCUT2D eigenvalue weighted by molar-refractivity contribution is -0.125. The molecule has 1 aliphatic heterocycles. The first-order valence-corrected chi connectivity index (χ1v) is 10.5. The molecule has 1 atom stereocenters. The zero-order chi connectivity index (χ0) is 21.7. The van der Waals surface area contributed by atoms with Crippen LogP contribution in [0.4, 0.5) is 18.0 Å². The fraction of sp³-hybridized carbons (Fsp3) is 0.529. The maximum Gasteiger partial charge on any atom is 0.405 e. The van der Waals surface area contributed by atoms with Gasteiger partial charge in [-0.2, -0.15) is 13.2 Å². The monoisotopic (exact) mass is 437 g/mol. The second-order valence-electron chi connectivity index (χ2n) is 6.66. The number of hydrogen-bond donors (Lipinski definition) is 2. The molecule has 1 aliphatic rings. The Balaban J connectivity index is 2.02. The molecule has 1 aromatic rings. The number of carbonyl (C=O) groups is 2. The summed E-state index contributed by atoms with van der Waals surface area (Å²) in [7, 11) is -1.71. The van der Waals surface area contributed by atoms with E-state index in [2.05, 4.69) is 0 Å². The first-order chi connectivity index (χ1) is 13.5. The summed E-state index contributed by atoms with van der Waals surface area (Å²) in [5.74, 6) is -0.341. The molecular formula is C17H22F3N3O5S. The Morgan fingerprint density at radius 3 is 2.41 bits per heavy atom. The number of urea groups is 1. The second-order valence-corrected chi connectivity index (χ2v) is 8.88. The molecule has 162 valence electrons. The Hall–Kier alpha value is -2.34. The van der Waals surface area contributed by atoms with Crippen LogP contribution in [-0.4, -0.2) is 69.2 Å². The number of halogens is 3. The van der Waals surface area contributed by atoms with Crippen molar-refractivity contribution in [3.05, 3.63) is 29.8 Å². The molecule has 0 bridgehead atoms. The molecule has 1 aromatic carbocycles. The molecule has 29 heavy (non-hydrogen) atoms. The van der Waals surface area contributed by atoms with Crippen molar-refractivity contribution in [1.82, 2.24) is 15.5 Å². The lowest BCUT2D eigenvalue weighted by atomic mass is 10.1. The normalized spacial score (nSPS) is 18.4. The average Bonchev–Trinajstić information content (AvgIpc) is 2.99. The Morgan fingerprint density at radius 1 is 1.24 bits per heavy atom. The van der Waals surface area contributed by atoms with Crippen LogP contribution in [0.5, 0.6) is 5.75 Å². The van der Waals surface area contributed by atoms with Crippen LogP contribution in [0.2, 0.25) is 0 Å². The van der Waals surface area contributed by atoms with E-state index in [0.29, 0.717) is 12.2 Å². The van der Waals surface area contributed by atoms with Crippen LogP contribution in [0.25, 0.3) is 0 Å². The van der Waals surface area contributed by atoms with Gasteiger partial charge in [0.1, 0.15) is 12.3 Å². The van der Waals surface area contributed by atoms with Crippen molar-refractivity contribution in [2.45, 2.75) is 25.2 Å². The third kappa shape index (κ3) is 7.89. The molecule has 1 saturated heterocycles. The highest BCUT2D eigenvalue weighted by Crippen LogP contribution is 2.21. The van der Waals surface area contributed by atoms with Gasteiger partial charge < -0.3 is 10.1 Å². The van der Waals surface area contributed by atoms with Gasteiger partial charge in [0.15, 0.2) is 9.84 Å². The lowest BCUT2D eigenvalue weighted by Crippen LogP contribution is -2.48. The number of imide groups is 1. The van der Waals surface area contributed by atoms with E-state index >= 15 is 0 Å². The van der Waals surface area contributed by atoms with Crippen LogP contribution in [-0.2, 0) is 21.2 Å². The molecule has 2 rings (SSSR count). The third-order valence-corrected chi connectivity index (χ3v) is 6.07. The first kappa shape index (κ1) is 22.9. The molecule has 1 fully saturated rings. The summed E-state index contributed by atoms with van der Waals surface area (Å²) in [4.78, 5) is 25.2. The number of hydrogen-bond acceptors (Lipinski definition) is 6. The number of ether oxygens (including phenoxy) is 1. The molecule has 1 heterocycles. The number of rotatable bonds is 7. The van der Waals surface area contributed by atoms with Gasteiger partial charge >= 0.3 is 12.2 Å². The minimum absolute atomic E-state index is 0.00946. The van der Waals surface area contributed by atoms with Crippen LogP contribution in [0.1, 0.15) is 12.0 Å². The van der Waals surface area contributed by atoms with Gasteiger partial charge in [-0.3, -0.25) is 15.0 Å². The number of benzene rings is 1. The summed E-state index contributed by atoms with van der Waals surface area (Å²) in [5.41, 5.74) is 0.782. The first-order valence-electron chi connectivity index (χ1n) is 8.69. The number of alkyl halides is 3. The molecule has 8 nitrogen and oxygen atoms in total. The van der Waals surface area contributed by atoms with E-state index in [4.69, 9.17) is 4.74 Å². The number of sulfone groups is 1. The van der Waals surface area contributed by atoms with E-state index in [1.807, 2.05) is 5.32 Å². The molecule has 1 unspecified atom stereocenters. The number of nitrogens with zero attached hydrogens (tertiary/aromatic N) is 1. The molecule has 0 saturated carbocycles. The number of nitrogens with one attached hydrogen (secondary N) is 2. The van der Waals surface area contributed by atoms with E-state index < -0.39 is 40.5 Å². The van der Waals surface area contributed by atoms with Gasteiger partial charge in [-0.05, 0) is 24.1 Å². The fourth-order valence-corrected chi connectivity index (χ4v) is 4.68. The van der Waals surface area contributed by atoms with Gasteiger partial charge in [0.2, 0.25) is 5.91 Å². The standard InChI is InChI=1S/C17H22F3N3O5S/c1-28-14-4-2-12(3-5-14)8-23(13-6-7-29(26,27)10-13)9-15(24)22-16(25)21-11-17(18,19)20/h2-5,13H,6-11H2,1H3,(H2,21,22,24,25). The zero-order valence-corrected chi connectivity index (χ0v) is 16.5. The van der Waals surface area contributed by atoms with Crippen LogP contribution in [0, 0.1) is 0 Å². The summed E-state index contributed by atoms with van der Waals surface area (Å²) in [5, 5.41) is 3.38. The Bertz CT molecular complexity index is 828. The highest BCUT2D eigenvalue weighted by atomic mass is 32.2. The Morgan fingerprint density at radius 2 is 1.90 bits per heavy atom. The van der Waals surface area contributed by atoms with E-state index in [-0.39, 0.29) is 24.6 Å². The zero-order valence-electron chi connectivity index (χ0n) is 15.7. The Kier molecular flexibility index (Phi) is 7.47. The topological polar surface area (TPSA) is 105 Å². The number of methoxy groups -OCH3 is 1. The summed E-state index contributed by atoms with van der Waals surface area (Å²) >= 11 is 0. The van der Waals surface area contributed by atoms with Crippen molar-refractivity contribution < 1.29 is 35.9 Å². The summed E-state index contributed by atoms with van der Waals surface area (Å²) in [6.45, 7) is -1.68. The predicted octanol–water partition coefficient (Wildman–Crippen LogP) is 1.07. The van der Waals surface area contributed by atoms with Crippen molar-refractivity contribution >= 4 is 21.8 Å². The number of amides is 3. The van der Waals surface area contributed by atoms with Crippen molar-refractivity contribution in [2.24, 2.45) is 0 Å². The van der Waals surface area contributed by atoms with Crippen molar-refractivity contribution in [2.75, 3.05) is 31.7 Å². The second kappa shape index (κ2) is 9.44. The molecule has 3 amide bonds. The van der Waals surface area contributed by atoms with Gasteiger partial charge in [0.25, 0.3) is 0 Å². The smallest absolute Gasteiger partial charge is 0.405 e. The fourth-order valence-electron chi connectivity index (χ4n) is 2.92. The molecule has 0 aromatic heterocycles. The Labute approximate surface area is 166 Å². The van der Waals surface area contributed by atoms with E-state index in [9.17, 15) is 31.2 Å². The van der Waals surface area contributed by atoms with Gasteiger partial charge in [0.05, 0.1) is 25.2 Å². The highest BCUT2D eigenvalue weighted by Gasteiger charge is 2.33. The van der Waals surface area contributed by atoms with Crippen LogP contribution in [0.3, 0.4) is 0 Å². The molecule has 12 heteroatoms. The lowest BCUT2D eigenvalue weighted by Gasteiger charge is -2.27. The predicted molar refractivity (Wildman–Crippen MR) is 98.1 cm³/mol. The summed E-state index contributed by atoms with van der Waals surface area (Å²) < 4.78 is 65.1. The molecule has 0 spiro atoms. The van der Waals surface area contributed by atoms with Crippen molar-refractivity contribution in [1.29, 1.82) is 0 Å². The van der Waals surface area contributed by atoms with E-state index in [1.165, 1.54) is 7.11 Å². The maximum atomic E-state index is 12.1. The molecule has 0 aliphatic carbocycles. The van der Waals surface area contributed by atoms with E-state index in [0.717, 1.165) is 5.56 Å². The quantitative estimate of drug-likeness (QED) is 0.661. The van der Waals surface area contributed by atoms with E-state index in [1.54, 1.807) is 34.5 Å². The molecule has 0 radical (unpaired) electrons. The minimum atomic E-state index is -4.60. The molecule has 2 N–H and O–H groups in total. The highest BCUT2D eigenvalue weighted by molar-refractivity contribution is 7.91. The number of carbonyl (C=O) groups excluding carboxylic acids is 2. The van der Waals surface area contributed by atoms with Gasteiger partial charge in [-0.15, -0.1) is 0 Å². The van der Waals surface area contributed by atoms with Crippen LogP contribution >= 0.6 is 0 Å². The third-order valence-electron chi connectivity index (χ3n) is 4.32. The average molecular weight is 437 g/mol. The summed E-state index contributed by atoms with van der Waals surface area (Å²) in [6, 6.07) is 5.22. The maximum absolute atomic E-state index is 12.1. The molecular weight excluding hydrogens is 415 g/mol. The van der Waals surface area contributed by atoms with Crippen molar-refractivity contribution in [3.8, 4) is 5.75 Å². The van der Waals surface area contributed by atoms with Crippen molar-refractivity contribution in [3.63, 3.8) is 0 Å². The minimum Gasteiger partial charge on any atom is -0.497 e. The van der Waals surface area contributed by atoms with Crippen LogP contribution < -0.4 is 15.4 Å². The van der Waals surface area contributed by atoms with Gasteiger partial charge in [-0.25, -0.2) is 13.2 Å². The van der Waals surface area contributed by atoms with Gasteiger partial charge in [0, 0.05) is 12.6 Å². The SMILES string of the molecule is COc1ccc(CN(CC(=O)NC(=O)NCC(F)(F)F)C2CCS(=O)(=O)C2)cc1. The van der Waals surface area contributed by atoms with Gasteiger partial charge in [-0.1, -0.05) is 12.1 Å². The summed E-state index contributed by atoms with van der Waals surface area (Å²) in [6.07, 6.45) is -4.27. The largest absolute Gasteiger partial charge is 0.497 e. The van der Waals surface area contributed by atoms with Crippen LogP contribution in [0.15, 0.2) is 24.3 Å².